The third-order valence-corrected chi connectivity index (χ3v) is 8.76. The summed E-state index contributed by atoms with van der Waals surface area (Å²) in [4.78, 5) is 4.86. The van der Waals surface area contributed by atoms with Crippen LogP contribution in [0.2, 0.25) is 0 Å². The zero-order chi connectivity index (χ0) is 22.1. The molecule has 2 aliphatic carbocycles. The van der Waals surface area contributed by atoms with Crippen molar-refractivity contribution in [1.29, 1.82) is 0 Å². The van der Waals surface area contributed by atoms with Crippen LogP contribution in [0.25, 0.3) is 11.1 Å². The van der Waals surface area contributed by atoms with Crippen molar-refractivity contribution in [2.75, 3.05) is 12.4 Å². The lowest BCUT2D eigenvalue weighted by molar-refractivity contribution is 0.319. The van der Waals surface area contributed by atoms with E-state index in [1.165, 1.54) is 42.5 Å². The molecule has 1 aromatic heterocycles. The molecule has 0 aliphatic heterocycles. The first-order valence-corrected chi connectivity index (χ1v) is 13.2. The molecule has 166 valence electrons. The molecule has 2 aromatic carbocycles. The molecule has 0 saturated heterocycles. The molecule has 0 unspecified atom stereocenters. The summed E-state index contributed by atoms with van der Waals surface area (Å²) in [7, 11) is -3.43. The summed E-state index contributed by atoms with van der Waals surface area (Å²) in [5.74, 6) is 1.39. The zero-order valence-corrected chi connectivity index (χ0v) is 19.0. The van der Waals surface area contributed by atoms with Crippen LogP contribution in [0.1, 0.15) is 66.7 Å². The van der Waals surface area contributed by atoms with Crippen LogP contribution in [0.4, 0.5) is 0 Å². The lowest BCUT2D eigenvalue weighted by Crippen LogP contribution is -2.09. The maximum atomic E-state index is 12.2. The Morgan fingerprint density at radius 2 is 1.62 bits per heavy atom. The Labute approximate surface area is 190 Å². The van der Waals surface area contributed by atoms with Crippen LogP contribution in [0.15, 0.2) is 71.8 Å². The van der Waals surface area contributed by atoms with Gasteiger partial charge >= 0.3 is 0 Å². The highest BCUT2D eigenvalue weighted by atomic mass is 32.2. The highest BCUT2D eigenvalue weighted by Crippen LogP contribution is 2.56. The Balaban J connectivity index is 1.48. The molecule has 4 nitrogen and oxygen atoms in total. The molecule has 2 aliphatic rings. The van der Waals surface area contributed by atoms with E-state index in [0.29, 0.717) is 17.8 Å². The van der Waals surface area contributed by atoms with Crippen molar-refractivity contribution in [3.8, 4) is 11.1 Å². The van der Waals surface area contributed by atoms with Gasteiger partial charge in [0.1, 0.15) is 0 Å². The van der Waals surface area contributed by atoms with Gasteiger partial charge < -0.3 is 5.11 Å². The smallest absolute Gasteiger partial charge is 0.180 e. The van der Waals surface area contributed by atoms with Crippen molar-refractivity contribution >= 4 is 9.84 Å². The van der Waals surface area contributed by atoms with Gasteiger partial charge in [-0.1, -0.05) is 49.2 Å². The van der Waals surface area contributed by atoms with Crippen molar-refractivity contribution < 1.29 is 13.5 Å². The monoisotopic (exact) mass is 447 g/mol. The molecule has 2 atom stereocenters. The second kappa shape index (κ2) is 8.80. The van der Waals surface area contributed by atoms with Crippen LogP contribution in [-0.2, 0) is 9.84 Å². The van der Waals surface area contributed by atoms with Gasteiger partial charge in [0.15, 0.2) is 9.84 Å². The fraction of sp³-hybridized carbons (Fsp3) is 0.370. The maximum absolute atomic E-state index is 12.2. The fourth-order valence-electron chi connectivity index (χ4n) is 5.24. The molecular weight excluding hydrogens is 418 g/mol. The van der Waals surface area contributed by atoms with E-state index in [1.807, 2.05) is 24.4 Å². The molecular formula is C27H29NO3S. The molecule has 0 radical (unpaired) electrons. The molecule has 5 rings (SSSR count). The Morgan fingerprint density at radius 3 is 2.31 bits per heavy atom. The molecule has 2 saturated carbocycles. The van der Waals surface area contributed by atoms with Crippen LogP contribution >= 0.6 is 0 Å². The summed E-state index contributed by atoms with van der Waals surface area (Å²) in [6.07, 6.45) is 8.17. The van der Waals surface area contributed by atoms with Crippen molar-refractivity contribution in [3.05, 3.63) is 83.7 Å². The Kier molecular flexibility index (Phi) is 5.87. The van der Waals surface area contributed by atoms with Crippen LogP contribution in [0.5, 0.6) is 0 Å². The van der Waals surface area contributed by atoms with Crippen LogP contribution in [0, 0.1) is 0 Å². The molecule has 1 heterocycles. The van der Waals surface area contributed by atoms with Gasteiger partial charge in [-0.3, -0.25) is 4.98 Å². The summed E-state index contributed by atoms with van der Waals surface area (Å²) in [6, 6.07) is 20.1. The zero-order valence-electron chi connectivity index (χ0n) is 18.2. The first-order chi connectivity index (χ1) is 15.6. The fourth-order valence-corrected chi connectivity index (χ4v) is 6.26. The van der Waals surface area contributed by atoms with Crippen molar-refractivity contribution in [1.82, 2.24) is 4.98 Å². The van der Waals surface area contributed by atoms with Gasteiger partial charge in [-0.15, -0.1) is 0 Å². The quantitative estimate of drug-likeness (QED) is 0.523. The van der Waals surface area contributed by atoms with E-state index in [4.69, 9.17) is 5.11 Å². The van der Waals surface area contributed by atoms with Gasteiger partial charge in [0.2, 0.25) is 0 Å². The van der Waals surface area contributed by atoms with Crippen molar-refractivity contribution in [2.45, 2.75) is 54.8 Å². The first kappa shape index (κ1) is 21.4. The van der Waals surface area contributed by atoms with E-state index in [0.717, 1.165) is 17.5 Å². The summed E-state index contributed by atoms with van der Waals surface area (Å²) < 4.78 is 24.5. The SMILES string of the molecule is O=S(=O)(CCO)c1ccc(-c2ccc(C3CCCC3)c([C@H]3C[C@H]3c3ccccn3)c2)cc1. The van der Waals surface area contributed by atoms with E-state index < -0.39 is 9.84 Å². The van der Waals surface area contributed by atoms with Crippen LogP contribution in [0.3, 0.4) is 0 Å². The van der Waals surface area contributed by atoms with E-state index in [1.54, 1.807) is 12.1 Å². The number of pyridine rings is 1. The van der Waals surface area contributed by atoms with E-state index in [2.05, 4.69) is 35.3 Å². The predicted octanol–water partition coefficient (Wildman–Crippen LogP) is 5.44. The number of sulfone groups is 1. The lowest BCUT2D eigenvalue weighted by atomic mass is 9.87. The molecule has 0 spiro atoms. The van der Waals surface area contributed by atoms with Gasteiger partial charge in [0.05, 0.1) is 17.3 Å². The third-order valence-electron chi connectivity index (χ3n) is 7.05. The number of rotatable bonds is 7. The minimum Gasteiger partial charge on any atom is -0.395 e. The minimum atomic E-state index is -3.43. The highest BCUT2D eigenvalue weighted by molar-refractivity contribution is 7.91. The molecule has 0 bridgehead atoms. The maximum Gasteiger partial charge on any atom is 0.180 e. The van der Waals surface area contributed by atoms with E-state index >= 15 is 0 Å². The van der Waals surface area contributed by atoms with Gasteiger partial charge in [0.25, 0.3) is 0 Å². The first-order valence-electron chi connectivity index (χ1n) is 11.6. The summed E-state index contributed by atoms with van der Waals surface area (Å²) in [5, 5.41) is 9.02. The molecule has 32 heavy (non-hydrogen) atoms. The topological polar surface area (TPSA) is 67.3 Å². The third kappa shape index (κ3) is 4.24. The number of aliphatic hydroxyl groups excluding tert-OH is 1. The minimum absolute atomic E-state index is 0.247. The van der Waals surface area contributed by atoms with Crippen molar-refractivity contribution in [2.24, 2.45) is 0 Å². The molecule has 1 N–H and O–H groups in total. The Hall–Kier alpha value is -2.50. The average Bonchev–Trinajstić information content (AvgIpc) is 3.43. The van der Waals surface area contributed by atoms with E-state index in [-0.39, 0.29) is 17.3 Å². The number of hydrogen-bond acceptors (Lipinski definition) is 4. The van der Waals surface area contributed by atoms with Gasteiger partial charge in [-0.25, -0.2) is 8.42 Å². The number of aliphatic hydroxyl groups is 1. The number of benzene rings is 2. The van der Waals surface area contributed by atoms with Gasteiger partial charge in [-0.05, 0) is 77.6 Å². The normalized spacial score (nSPS) is 21.0. The Bertz CT molecular complexity index is 1180. The molecule has 3 aromatic rings. The second-order valence-corrected chi connectivity index (χ2v) is 11.2. The summed E-state index contributed by atoms with van der Waals surface area (Å²) >= 11 is 0. The van der Waals surface area contributed by atoms with Gasteiger partial charge in [0, 0.05) is 17.8 Å². The van der Waals surface area contributed by atoms with Crippen LogP contribution in [-0.4, -0.2) is 30.9 Å². The summed E-state index contributed by atoms with van der Waals surface area (Å²) in [5.41, 5.74) is 6.26. The standard InChI is InChI=1S/C27H29NO3S/c29-15-16-32(30,31)22-11-8-19(9-12-22)21-10-13-23(20-5-1-2-6-20)24(17-21)25-18-26(25)27-7-3-4-14-28-27/h3-4,7-14,17,20,25-26,29H,1-2,5-6,15-16,18H2/t25-,26-/m1/s1. The Morgan fingerprint density at radius 1 is 0.875 bits per heavy atom. The number of hydrogen-bond donors (Lipinski definition) is 1. The van der Waals surface area contributed by atoms with Gasteiger partial charge in [-0.2, -0.15) is 0 Å². The van der Waals surface area contributed by atoms with Crippen LogP contribution < -0.4 is 0 Å². The number of aromatic nitrogens is 1. The largest absolute Gasteiger partial charge is 0.395 e. The molecule has 2 fully saturated rings. The van der Waals surface area contributed by atoms with E-state index in [9.17, 15) is 8.42 Å². The molecule has 5 heteroatoms. The second-order valence-electron chi connectivity index (χ2n) is 9.10. The summed E-state index contributed by atoms with van der Waals surface area (Å²) in [6.45, 7) is -0.366. The molecule has 0 amide bonds. The number of nitrogens with zero attached hydrogens (tertiary/aromatic N) is 1. The van der Waals surface area contributed by atoms with Crippen molar-refractivity contribution in [3.63, 3.8) is 0 Å². The highest BCUT2D eigenvalue weighted by Gasteiger charge is 2.42. The average molecular weight is 448 g/mol. The predicted molar refractivity (Wildman–Crippen MR) is 127 cm³/mol. The lowest BCUT2D eigenvalue weighted by Gasteiger charge is -2.18.